The summed E-state index contributed by atoms with van der Waals surface area (Å²) in [5.74, 6) is -0.918. The van der Waals surface area contributed by atoms with Gasteiger partial charge in [-0.3, -0.25) is 14.9 Å². The van der Waals surface area contributed by atoms with E-state index in [-0.39, 0.29) is 31.7 Å². The van der Waals surface area contributed by atoms with E-state index in [0.717, 1.165) is 22.3 Å². The lowest BCUT2D eigenvalue weighted by Crippen LogP contribution is -2.49. The molecule has 13 nitrogen and oxygen atoms in total. The van der Waals surface area contributed by atoms with E-state index in [9.17, 15) is 19.5 Å². The third-order valence-corrected chi connectivity index (χ3v) is 8.53. The number of hydrogen-bond donors (Lipinski definition) is 3. The van der Waals surface area contributed by atoms with Gasteiger partial charge in [0.05, 0.1) is 25.3 Å². The quantitative estimate of drug-likeness (QED) is 0.139. The summed E-state index contributed by atoms with van der Waals surface area (Å²) in [5.41, 5.74) is 3.46. The first-order valence-corrected chi connectivity index (χ1v) is 16.5. The summed E-state index contributed by atoms with van der Waals surface area (Å²) in [4.78, 5) is 55.0. The van der Waals surface area contributed by atoms with Crippen LogP contribution in [0.15, 0.2) is 133 Å². The predicted molar refractivity (Wildman–Crippen MR) is 192 cm³/mol. The van der Waals surface area contributed by atoms with Gasteiger partial charge in [-0.2, -0.15) is 4.99 Å². The third-order valence-electron chi connectivity index (χ3n) is 8.53. The van der Waals surface area contributed by atoms with E-state index in [1.165, 1.54) is 22.1 Å². The second-order valence-corrected chi connectivity index (χ2v) is 11.8. The van der Waals surface area contributed by atoms with Gasteiger partial charge >= 0.3 is 12.1 Å². The molecule has 6 aromatic rings. The molecular weight excluding hydrogens is 662 g/mol. The number of carboxylic acids is 1. The standard InChI is InChI=1S/C39H37N7O6/c1-51-32-19-17-31(18-20-32)39(29-13-7-3-8-14-29,30-15-9-4-10-16-30)43-21-22-45(24-34(48)49)33(47)23-46-27-42-36(35-37(46)41-26-40-35)44-38(50)52-25-28-11-5-2-6-12-28/h2-20,26-27,43H,21-25H2,1H3,(H,40,41)(H,48,49)/b44-36-. The molecule has 0 aliphatic rings. The van der Waals surface area contributed by atoms with Gasteiger partial charge in [-0.05, 0) is 34.4 Å². The van der Waals surface area contributed by atoms with Crippen LogP contribution in [0.3, 0.4) is 0 Å². The minimum absolute atomic E-state index is 0.0394. The number of aliphatic carboxylic acids is 1. The summed E-state index contributed by atoms with van der Waals surface area (Å²) in [7, 11) is 1.61. The fraction of sp³-hybridized carbons (Fsp3) is 0.179. The Hall–Kier alpha value is -6.60. The number of rotatable bonds is 14. The van der Waals surface area contributed by atoms with Gasteiger partial charge in [0.15, 0.2) is 11.1 Å². The Morgan fingerprint density at radius 1 is 0.865 bits per heavy atom. The van der Waals surface area contributed by atoms with Gasteiger partial charge in [0.2, 0.25) is 5.91 Å². The second kappa shape index (κ2) is 16.4. The maximum absolute atomic E-state index is 13.8. The monoisotopic (exact) mass is 699 g/mol. The van der Waals surface area contributed by atoms with Crippen molar-refractivity contribution in [2.24, 2.45) is 4.99 Å². The lowest BCUT2D eigenvalue weighted by Gasteiger charge is -2.38. The number of carbonyl (C=O) groups excluding carboxylic acids is 2. The van der Waals surface area contributed by atoms with Crippen molar-refractivity contribution in [1.82, 2.24) is 29.7 Å². The molecule has 0 bridgehead atoms. The summed E-state index contributed by atoms with van der Waals surface area (Å²) >= 11 is 0. The second-order valence-electron chi connectivity index (χ2n) is 11.8. The van der Waals surface area contributed by atoms with Gasteiger partial charge in [-0.1, -0.05) is 103 Å². The maximum atomic E-state index is 13.8. The summed E-state index contributed by atoms with van der Waals surface area (Å²) in [5, 5.41) is 13.5. The predicted octanol–water partition coefficient (Wildman–Crippen LogP) is 4.50. The molecule has 0 aliphatic carbocycles. The number of imidazole rings is 1. The molecule has 0 unspecified atom stereocenters. The number of fused-ring (bicyclic) bond motifs is 1. The Bertz CT molecular complexity index is 2150. The van der Waals surface area contributed by atoms with Gasteiger partial charge in [0.1, 0.15) is 31.0 Å². The molecule has 0 fully saturated rings. The van der Waals surface area contributed by atoms with Crippen LogP contribution in [0.25, 0.3) is 11.2 Å². The summed E-state index contributed by atoms with van der Waals surface area (Å²) < 4.78 is 12.2. The summed E-state index contributed by atoms with van der Waals surface area (Å²) in [6.45, 7) is -0.436. The number of nitrogens with one attached hydrogen (secondary N) is 2. The highest BCUT2D eigenvalue weighted by molar-refractivity contribution is 5.82. The fourth-order valence-electron chi connectivity index (χ4n) is 6.05. The number of carbonyl (C=O) groups is 3. The van der Waals surface area contributed by atoms with Crippen LogP contribution in [0.2, 0.25) is 0 Å². The maximum Gasteiger partial charge on any atom is 0.436 e. The molecular formula is C39H37N7O6. The van der Waals surface area contributed by atoms with Crippen molar-refractivity contribution in [3.63, 3.8) is 0 Å². The Labute approximate surface area is 299 Å². The molecule has 0 radical (unpaired) electrons. The highest BCUT2D eigenvalue weighted by Gasteiger charge is 2.36. The molecule has 0 saturated carbocycles. The number of amides is 2. The lowest BCUT2D eigenvalue weighted by molar-refractivity contribution is -0.144. The van der Waals surface area contributed by atoms with Crippen LogP contribution in [0.4, 0.5) is 4.79 Å². The number of aromatic amines is 1. The van der Waals surface area contributed by atoms with Gasteiger partial charge in [-0.15, -0.1) is 0 Å². The first-order valence-electron chi connectivity index (χ1n) is 16.5. The molecule has 13 heteroatoms. The highest BCUT2D eigenvalue weighted by atomic mass is 16.5. The molecule has 2 heterocycles. The molecule has 2 amide bonds. The van der Waals surface area contributed by atoms with Crippen molar-refractivity contribution in [3.8, 4) is 5.75 Å². The van der Waals surface area contributed by atoms with Crippen molar-refractivity contribution < 1.29 is 29.0 Å². The topological polar surface area (TPSA) is 164 Å². The molecule has 2 aromatic heterocycles. The van der Waals surface area contributed by atoms with Crippen molar-refractivity contribution in [2.75, 3.05) is 26.7 Å². The largest absolute Gasteiger partial charge is 0.497 e. The zero-order chi connectivity index (χ0) is 36.3. The van der Waals surface area contributed by atoms with Crippen LogP contribution in [-0.2, 0) is 33.0 Å². The number of ether oxygens (including phenoxy) is 2. The Balaban J connectivity index is 1.23. The van der Waals surface area contributed by atoms with Crippen molar-refractivity contribution in [1.29, 1.82) is 0 Å². The highest BCUT2D eigenvalue weighted by Crippen LogP contribution is 2.37. The number of H-pyrrole nitrogens is 1. The van der Waals surface area contributed by atoms with E-state index in [1.54, 1.807) is 7.11 Å². The van der Waals surface area contributed by atoms with Crippen molar-refractivity contribution >= 4 is 29.1 Å². The zero-order valence-electron chi connectivity index (χ0n) is 28.4. The van der Waals surface area contributed by atoms with Crippen molar-refractivity contribution in [3.05, 3.63) is 156 Å². The molecule has 3 N–H and O–H groups in total. The average molecular weight is 700 g/mol. The van der Waals surface area contributed by atoms with Gasteiger partial charge < -0.3 is 29.0 Å². The third kappa shape index (κ3) is 8.06. The number of hydrogen-bond acceptors (Lipinski definition) is 8. The minimum Gasteiger partial charge on any atom is -0.497 e. The number of methoxy groups -OCH3 is 1. The van der Waals surface area contributed by atoms with Crippen LogP contribution >= 0.6 is 0 Å². The van der Waals surface area contributed by atoms with E-state index in [1.807, 2.05) is 115 Å². The van der Waals surface area contributed by atoms with Crippen LogP contribution < -0.4 is 15.5 Å². The van der Waals surface area contributed by atoms with E-state index in [2.05, 4.69) is 25.3 Å². The summed E-state index contributed by atoms with van der Waals surface area (Å²) in [6.07, 6.45) is 1.89. The first-order chi connectivity index (χ1) is 25.4. The van der Waals surface area contributed by atoms with Gasteiger partial charge in [0.25, 0.3) is 0 Å². The summed E-state index contributed by atoms with van der Waals surface area (Å²) in [6, 6.07) is 36.8. The Morgan fingerprint density at radius 2 is 1.48 bits per heavy atom. The number of aromatic nitrogens is 4. The fourth-order valence-corrected chi connectivity index (χ4v) is 6.05. The molecule has 6 rings (SSSR count). The molecule has 0 aliphatic heterocycles. The SMILES string of the molecule is COc1ccc(C(NCCN(CC(=O)O)C(=O)Cn2cn/c(=N\C(=O)OCc3ccccc3)c3[nH]cnc32)(c2ccccc2)c2ccccc2)cc1. The Morgan fingerprint density at radius 3 is 2.10 bits per heavy atom. The van der Waals surface area contributed by atoms with Crippen LogP contribution in [0, 0.1) is 0 Å². The number of carboxylic acid groups (broad SMARTS) is 1. The minimum atomic E-state index is -1.16. The normalized spacial score (nSPS) is 11.7. The molecule has 264 valence electrons. The van der Waals surface area contributed by atoms with E-state index < -0.39 is 30.1 Å². The molecule has 52 heavy (non-hydrogen) atoms. The van der Waals surface area contributed by atoms with Crippen molar-refractivity contribution in [2.45, 2.75) is 18.7 Å². The van der Waals surface area contributed by atoms with E-state index >= 15 is 0 Å². The molecule has 0 saturated heterocycles. The van der Waals surface area contributed by atoms with Crippen LogP contribution in [0.5, 0.6) is 5.75 Å². The van der Waals surface area contributed by atoms with Crippen LogP contribution in [-0.4, -0.2) is 74.2 Å². The molecule has 0 spiro atoms. The average Bonchev–Trinajstić information content (AvgIpc) is 3.69. The van der Waals surface area contributed by atoms with Crippen LogP contribution in [0.1, 0.15) is 22.3 Å². The van der Waals surface area contributed by atoms with E-state index in [0.29, 0.717) is 16.9 Å². The zero-order valence-corrected chi connectivity index (χ0v) is 28.4. The number of nitrogens with zero attached hydrogens (tertiary/aromatic N) is 5. The smallest absolute Gasteiger partial charge is 0.436 e. The Kier molecular flexibility index (Phi) is 11.1. The first kappa shape index (κ1) is 35.2. The van der Waals surface area contributed by atoms with E-state index in [4.69, 9.17) is 9.47 Å². The molecule has 4 aromatic carbocycles. The van der Waals surface area contributed by atoms with Gasteiger partial charge in [-0.25, -0.2) is 14.8 Å². The number of benzene rings is 4. The molecule has 0 atom stereocenters. The van der Waals surface area contributed by atoms with Gasteiger partial charge in [0, 0.05) is 13.1 Å². The lowest BCUT2D eigenvalue weighted by atomic mass is 9.77.